The van der Waals surface area contributed by atoms with Crippen molar-refractivity contribution in [3.05, 3.63) is 0 Å². The van der Waals surface area contributed by atoms with E-state index in [1.54, 1.807) is 0 Å². The first-order valence-corrected chi connectivity index (χ1v) is 8.24. The number of hydrogen-bond acceptors (Lipinski definition) is 2. The lowest BCUT2D eigenvalue weighted by Gasteiger charge is -2.14. The van der Waals surface area contributed by atoms with Gasteiger partial charge in [-0.2, -0.15) is 0 Å². The van der Waals surface area contributed by atoms with Crippen LogP contribution in [-0.2, 0) is 4.79 Å². The van der Waals surface area contributed by atoms with Gasteiger partial charge in [0.05, 0.1) is 0 Å². The Hall–Kier alpha value is -1.26. The summed E-state index contributed by atoms with van der Waals surface area (Å²) >= 11 is 0. The molecule has 0 aromatic rings. The highest BCUT2D eigenvalue weighted by molar-refractivity contribution is 5.82. The maximum absolute atomic E-state index is 11.6. The third-order valence-corrected chi connectivity index (χ3v) is 3.44. The van der Waals surface area contributed by atoms with Crippen LogP contribution in [0.25, 0.3) is 0 Å². The zero-order chi connectivity index (χ0) is 16.1. The van der Waals surface area contributed by atoms with Gasteiger partial charge in [0.1, 0.15) is 6.04 Å². The number of carbonyl (C=O) groups excluding carboxylic acids is 1. The Morgan fingerprint density at radius 2 is 1.67 bits per heavy atom. The zero-order valence-electron chi connectivity index (χ0n) is 13.8. The smallest absolute Gasteiger partial charge is 0.326 e. The van der Waals surface area contributed by atoms with Gasteiger partial charge in [-0.05, 0) is 18.8 Å². The molecule has 0 aliphatic rings. The van der Waals surface area contributed by atoms with Crippen molar-refractivity contribution < 1.29 is 14.7 Å². The summed E-state index contributed by atoms with van der Waals surface area (Å²) in [4.78, 5) is 22.6. The number of carbonyl (C=O) groups is 2. The number of carboxylic acid groups (broad SMARTS) is 1. The standard InChI is InChI=1S/C16H32N2O3/c1-4-5-11-14(15(19)20)18-16(21)17-12-9-7-6-8-10-13(2)3/h13-14H,4-12H2,1-3H3,(H,19,20)(H2,17,18,21). The number of unbranched alkanes of at least 4 members (excludes halogenated alkanes) is 4. The average Bonchev–Trinajstić information content (AvgIpc) is 2.41. The second-order valence-electron chi connectivity index (χ2n) is 6.03. The van der Waals surface area contributed by atoms with Crippen molar-refractivity contribution in [1.29, 1.82) is 0 Å². The van der Waals surface area contributed by atoms with Crippen LogP contribution in [-0.4, -0.2) is 29.7 Å². The van der Waals surface area contributed by atoms with E-state index < -0.39 is 12.0 Å². The predicted octanol–water partition coefficient (Wildman–Crippen LogP) is 3.54. The van der Waals surface area contributed by atoms with Gasteiger partial charge < -0.3 is 15.7 Å². The first-order chi connectivity index (χ1) is 9.97. The number of aliphatic carboxylic acids is 1. The first-order valence-electron chi connectivity index (χ1n) is 8.24. The fourth-order valence-electron chi connectivity index (χ4n) is 2.11. The van der Waals surface area contributed by atoms with Crippen molar-refractivity contribution in [2.24, 2.45) is 5.92 Å². The molecule has 0 radical (unpaired) electrons. The van der Waals surface area contributed by atoms with E-state index in [-0.39, 0.29) is 6.03 Å². The van der Waals surface area contributed by atoms with Crippen LogP contribution < -0.4 is 10.6 Å². The molecule has 0 heterocycles. The van der Waals surface area contributed by atoms with Crippen LogP contribution >= 0.6 is 0 Å². The third kappa shape index (κ3) is 12.2. The fourth-order valence-corrected chi connectivity index (χ4v) is 2.11. The molecule has 0 saturated heterocycles. The van der Waals surface area contributed by atoms with Crippen LogP contribution in [0.5, 0.6) is 0 Å². The van der Waals surface area contributed by atoms with Crippen LogP contribution in [0.1, 0.15) is 72.1 Å². The van der Waals surface area contributed by atoms with Gasteiger partial charge >= 0.3 is 12.0 Å². The Kier molecular flexibility index (Phi) is 11.7. The number of amides is 2. The Labute approximate surface area is 128 Å². The number of rotatable bonds is 12. The molecule has 5 nitrogen and oxygen atoms in total. The Bertz CT molecular complexity index is 293. The van der Waals surface area contributed by atoms with E-state index in [2.05, 4.69) is 24.5 Å². The van der Waals surface area contributed by atoms with E-state index in [0.29, 0.717) is 13.0 Å². The van der Waals surface area contributed by atoms with Gasteiger partial charge in [0, 0.05) is 6.54 Å². The lowest BCUT2D eigenvalue weighted by Crippen LogP contribution is -2.46. The third-order valence-electron chi connectivity index (χ3n) is 3.44. The SMILES string of the molecule is CCCCC(NC(=O)NCCCCCCC(C)C)C(=O)O. The minimum absolute atomic E-state index is 0.374. The van der Waals surface area contributed by atoms with Gasteiger partial charge in [-0.3, -0.25) is 0 Å². The summed E-state index contributed by atoms with van der Waals surface area (Å²) in [5.74, 6) is -0.211. The minimum atomic E-state index is -0.965. The van der Waals surface area contributed by atoms with Gasteiger partial charge in [-0.25, -0.2) is 9.59 Å². The largest absolute Gasteiger partial charge is 0.480 e. The van der Waals surface area contributed by atoms with Crippen molar-refractivity contribution in [3.63, 3.8) is 0 Å². The molecule has 1 atom stereocenters. The van der Waals surface area contributed by atoms with E-state index in [1.807, 2.05) is 6.92 Å². The lowest BCUT2D eigenvalue weighted by molar-refractivity contribution is -0.139. The van der Waals surface area contributed by atoms with Gasteiger partial charge in [-0.1, -0.05) is 59.3 Å². The molecule has 0 spiro atoms. The van der Waals surface area contributed by atoms with Crippen LogP contribution in [0.15, 0.2) is 0 Å². The fraction of sp³-hybridized carbons (Fsp3) is 0.875. The summed E-state index contributed by atoms with van der Waals surface area (Å²) in [7, 11) is 0. The summed E-state index contributed by atoms with van der Waals surface area (Å²) in [5.41, 5.74) is 0. The summed E-state index contributed by atoms with van der Waals surface area (Å²) in [6.07, 6.45) is 7.93. The maximum Gasteiger partial charge on any atom is 0.326 e. The second-order valence-corrected chi connectivity index (χ2v) is 6.03. The normalized spacial score (nSPS) is 12.2. The molecular weight excluding hydrogens is 268 g/mol. The van der Waals surface area contributed by atoms with E-state index >= 15 is 0 Å². The van der Waals surface area contributed by atoms with E-state index in [9.17, 15) is 9.59 Å². The van der Waals surface area contributed by atoms with Crippen molar-refractivity contribution in [3.8, 4) is 0 Å². The molecule has 5 heteroatoms. The first kappa shape index (κ1) is 19.7. The van der Waals surface area contributed by atoms with Gasteiger partial charge in [0.25, 0.3) is 0 Å². The highest BCUT2D eigenvalue weighted by Crippen LogP contribution is 2.08. The van der Waals surface area contributed by atoms with E-state index in [4.69, 9.17) is 5.11 Å². The van der Waals surface area contributed by atoms with Gasteiger partial charge in [0.2, 0.25) is 0 Å². The molecule has 124 valence electrons. The molecule has 0 aliphatic heterocycles. The molecule has 3 N–H and O–H groups in total. The summed E-state index contributed by atoms with van der Waals surface area (Å²) in [5, 5.41) is 14.3. The average molecular weight is 300 g/mol. The van der Waals surface area contributed by atoms with E-state index in [1.165, 1.54) is 19.3 Å². The zero-order valence-corrected chi connectivity index (χ0v) is 13.8. The number of carboxylic acids is 1. The van der Waals surface area contributed by atoms with Crippen molar-refractivity contribution in [2.75, 3.05) is 6.54 Å². The minimum Gasteiger partial charge on any atom is -0.480 e. The monoisotopic (exact) mass is 300 g/mol. The number of urea groups is 1. The number of hydrogen-bond donors (Lipinski definition) is 3. The highest BCUT2D eigenvalue weighted by Gasteiger charge is 2.18. The van der Waals surface area contributed by atoms with Crippen molar-refractivity contribution in [1.82, 2.24) is 10.6 Å². The Balaban J connectivity index is 3.66. The van der Waals surface area contributed by atoms with Crippen LogP contribution in [0, 0.1) is 5.92 Å². The van der Waals surface area contributed by atoms with Crippen LogP contribution in [0.2, 0.25) is 0 Å². The van der Waals surface area contributed by atoms with Gasteiger partial charge in [0.15, 0.2) is 0 Å². The lowest BCUT2D eigenvalue weighted by atomic mass is 10.0. The summed E-state index contributed by atoms with van der Waals surface area (Å²) in [6, 6.07) is -1.16. The van der Waals surface area contributed by atoms with Crippen molar-refractivity contribution >= 4 is 12.0 Å². The Morgan fingerprint density at radius 1 is 1.00 bits per heavy atom. The highest BCUT2D eigenvalue weighted by atomic mass is 16.4. The molecule has 0 saturated carbocycles. The van der Waals surface area contributed by atoms with E-state index in [0.717, 1.165) is 31.6 Å². The summed E-state index contributed by atoms with van der Waals surface area (Å²) in [6.45, 7) is 7.05. The molecule has 0 bridgehead atoms. The molecule has 0 aromatic heterocycles. The molecule has 21 heavy (non-hydrogen) atoms. The molecule has 0 fully saturated rings. The number of nitrogens with one attached hydrogen (secondary N) is 2. The quantitative estimate of drug-likeness (QED) is 0.482. The molecular formula is C16H32N2O3. The molecule has 0 rings (SSSR count). The summed E-state index contributed by atoms with van der Waals surface area (Å²) < 4.78 is 0. The van der Waals surface area contributed by atoms with Gasteiger partial charge in [-0.15, -0.1) is 0 Å². The van der Waals surface area contributed by atoms with Crippen molar-refractivity contribution in [2.45, 2.75) is 78.2 Å². The maximum atomic E-state index is 11.6. The second kappa shape index (κ2) is 12.5. The Morgan fingerprint density at radius 3 is 2.24 bits per heavy atom. The molecule has 2 amide bonds. The van der Waals surface area contributed by atoms with Crippen LogP contribution in [0.4, 0.5) is 4.79 Å². The van der Waals surface area contributed by atoms with Crippen LogP contribution in [0.3, 0.4) is 0 Å². The molecule has 1 unspecified atom stereocenters. The topological polar surface area (TPSA) is 78.4 Å². The predicted molar refractivity (Wildman–Crippen MR) is 85.4 cm³/mol. The molecule has 0 aliphatic carbocycles. The molecule has 0 aromatic carbocycles.